The number of unbranched alkanes of at least 4 members (excludes halogenated alkanes) is 1. The molecule has 1 aliphatic heterocycles. The van der Waals surface area contributed by atoms with Crippen molar-refractivity contribution in [2.24, 2.45) is 0 Å². The van der Waals surface area contributed by atoms with Gasteiger partial charge in [0.15, 0.2) is 0 Å². The first-order valence-electron chi connectivity index (χ1n) is 13.4. The Morgan fingerprint density at radius 2 is 1.61 bits per heavy atom. The van der Waals surface area contributed by atoms with Crippen LogP contribution in [-0.2, 0) is 14.8 Å². The third kappa shape index (κ3) is 9.35. The molecule has 3 N–H and O–H groups in total. The number of carbonyl (C=O) groups is 2. The molecule has 0 radical (unpaired) electrons. The number of halogens is 3. The summed E-state index contributed by atoms with van der Waals surface area (Å²) in [6.07, 6.45) is -3.15. The SMILES string of the molecule is CCCCN(CC)C(=O)c1cc(NS(=O)(=O)c2c(C)cc(C)cc2C)ccc1N1CCNCC1.O=C(O)C(F)(F)F. The summed E-state index contributed by atoms with van der Waals surface area (Å²) in [5.41, 5.74) is 4.22. The number of carbonyl (C=O) groups excluding carboxylic acids is 1. The minimum absolute atomic E-state index is 0.0618. The maximum atomic E-state index is 13.6. The number of rotatable bonds is 9. The van der Waals surface area contributed by atoms with Crippen molar-refractivity contribution in [3.63, 3.8) is 0 Å². The molecule has 9 nitrogen and oxygen atoms in total. The Hall–Kier alpha value is -3.32. The van der Waals surface area contributed by atoms with E-state index in [2.05, 4.69) is 21.9 Å². The van der Waals surface area contributed by atoms with Crippen LogP contribution in [0.4, 0.5) is 24.5 Å². The Labute approximate surface area is 239 Å². The highest BCUT2D eigenvalue weighted by atomic mass is 32.2. The van der Waals surface area contributed by atoms with Crippen molar-refractivity contribution in [1.29, 1.82) is 0 Å². The number of amides is 1. The predicted molar refractivity (Wildman–Crippen MR) is 153 cm³/mol. The van der Waals surface area contributed by atoms with Gasteiger partial charge in [0.1, 0.15) is 0 Å². The number of benzene rings is 2. The minimum atomic E-state index is -5.08. The van der Waals surface area contributed by atoms with Crippen LogP contribution >= 0.6 is 0 Å². The summed E-state index contributed by atoms with van der Waals surface area (Å²) < 4.78 is 61.1. The van der Waals surface area contributed by atoms with Gasteiger partial charge in [0.05, 0.1) is 10.5 Å². The van der Waals surface area contributed by atoms with Crippen molar-refractivity contribution in [3.8, 4) is 0 Å². The van der Waals surface area contributed by atoms with E-state index in [9.17, 15) is 26.4 Å². The zero-order valence-electron chi connectivity index (χ0n) is 24.1. The second-order valence-corrected chi connectivity index (χ2v) is 11.5. The normalized spacial score (nSPS) is 13.7. The average Bonchev–Trinajstić information content (AvgIpc) is 2.88. The summed E-state index contributed by atoms with van der Waals surface area (Å²) in [6.45, 7) is 14.2. The van der Waals surface area contributed by atoms with Gasteiger partial charge in [-0.15, -0.1) is 0 Å². The smallest absolute Gasteiger partial charge is 0.475 e. The van der Waals surface area contributed by atoms with Crippen LogP contribution in [-0.4, -0.2) is 75.7 Å². The Morgan fingerprint density at radius 1 is 1.05 bits per heavy atom. The van der Waals surface area contributed by atoms with Crippen molar-refractivity contribution in [2.45, 2.75) is 58.5 Å². The standard InChI is InChI=1S/C26H38N4O3S.C2HF3O2/c1-6-8-13-29(7-2)26(31)23-18-22(9-10-24(23)30-14-11-27-12-15-30)28-34(32,33)25-20(4)16-19(3)17-21(25)5;3-2(4,5)1(6)7/h9-10,16-18,27-28H,6-8,11-15H2,1-5H3;(H,6,7). The quantitative estimate of drug-likeness (QED) is 0.381. The molecule has 41 heavy (non-hydrogen) atoms. The van der Waals surface area contributed by atoms with Crippen LogP contribution in [0, 0.1) is 20.8 Å². The van der Waals surface area contributed by atoms with E-state index in [1.165, 1.54) is 0 Å². The van der Waals surface area contributed by atoms with Crippen molar-refractivity contribution < 1.29 is 36.3 Å². The number of nitrogens with one attached hydrogen (secondary N) is 2. The number of anilines is 2. The topological polar surface area (TPSA) is 119 Å². The number of hydrogen-bond acceptors (Lipinski definition) is 6. The van der Waals surface area contributed by atoms with E-state index >= 15 is 0 Å². The van der Waals surface area contributed by atoms with E-state index in [1.54, 1.807) is 12.1 Å². The highest BCUT2D eigenvalue weighted by Gasteiger charge is 2.38. The maximum absolute atomic E-state index is 13.6. The number of piperazine rings is 1. The molecule has 3 rings (SSSR count). The molecule has 1 amide bonds. The summed E-state index contributed by atoms with van der Waals surface area (Å²) in [4.78, 5) is 26.8. The van der Waals surface area contributed by atoms with Crippen LogP contribution in [0.2, 0.25) is 0 Å². The second-order valence-electron chi connectivity index (χ2n) is 9.84. The van der Waals surface area contributed by atoms with Gasteiger partial charge in [-0.3, -0.25) is 9.52 Å². The predicted octanol–water partition coefficient (Wildman–Crippen LogP) is 4.72. The number of carboxylic acid groups (broad SMARTS) is 1. The summed E-state index contributed by atoms with van der Waals surface area (Å²) in [5.74, 6) is -2.82. The summed E-state index contributed by atoms with van der Waals surface area (Å²) in [6, 6.07) is 9.07. The van der Waals surface area contributed by atoms with Crippen LogP contribution in [0.15, 0.2) is 35.2 Å². The molecule has 0 unspecified atom stereocenters. The minimum Gasteiger partial charge on any atom is -0.475 e. The summed E-state index contributed by atoms with van der Waals surface area (Å²) >= 11 is 0. The second kappa shape index (κ2) is 14.5. The highest BCUT2D eigenvalue weighted by molar-refractivity contribution is 7.92. The van der Waals surface area contributed by atoms with Gasteiger partial charge in [-0.2, -0.15) is 13.2 Å². The number of aliphatic carboxylic acids is 1. The van der Waals surface area contributed by atoms with Gasteiger partial charge in [0.2, 0.25) is 0 Å². The number of aryl methyl sites for hydroxylation is 3. The molecular formula is C28H39F3N4O5S. The zero-order chi connectivity index (χ0) is 31.0. The molecule has 0 aliphatic carbocycles. The molecule has 2 aromatic carbocycles. The lowest BCUT2D eigenvalue weighted by Gasteiger charge is -2.32. The molecule has 0 bridgehead atoms. The number of hydrogen-bond donors (Lipinski definition) is 3. The molecule has 228 valence electrons. The first kappa shape index (κ1) is 33.9. The van der Waals surface area contributed by atoms with E-state index in [-0.39, 0.29) is 10.8 Å². The number of carboxylic acids is 1. The van der Waals surface area contributed by atoms with E-state index in [0.29, 0.717) is 35.5 Å². The molecule has 1 aliphatic rings. The lowest BCUT2D eigenvalue weighted by molar-refractivity contribution is -0.192. The first-order valence-corrected chi connectivity index (χ1v) is 14.9. The molecular weight excluding hydrogens is 561 g/mol. The van der Waals surface area contributed by atoms with Crippen LogP contribution in [0.25, 0.3) is 0 Å². The van der Waals surface area contributed by atoms with Gasteiger partial charge in [0, 0.05) is 50.6 Å². The zero-order valence-corrected chi connectivity index (χ0v) is 24.9. The third-order valence-electron chi connectivity index (χ3n) is 6.50. The summed E-state index contributed by atoms with van der Waals surface area (Å²) in [5, 5.41) is 10.5. The fraction of sp³-hybridized carbons (Fsp3) is 0.500. The molecule has 1 saturated heterocycles. The Kier molecular flexibility index (Phi) is 12.0. The lowest BCUT2D eigenvalue weighted by Crippen LogP contribution is -2.44. The first-order chi connectivity index (χ1) is 19.1. The van der Waals surface area contributed by atoms with Gasteiger partial charge >= 0.3 is 12.1 Å². The molecule has 0 spiro atoms. The van der Waals surface area contributed by atoms with Crippen LogP contribution in [0.5, 0.6) is 0 Å². The van der Waals surface area contributed by atoms with Crippen molar-refractivity contribution >= 4 is 33.3 Å². The molecule has 1 fully saturated rings. The Bertz CT molecular complexity index is 1300. The Balaban J connectivity index is 0.000000745. The average molecular weight is 601 g/mol. The van der Waals surface area contributed by atoms with Crippen LogP contribution in [0.3, 0.4) is 0 Å². The Morgan fingerprint density at radius 3 is 2.10 bits per heavy atom. The molecule has 1 heterocycles. The van der Waals surface area contributed by atoms with Crippen molar-refractivity contribution in [1.82, 2.24) is 10.2 Å². The van der Waals surface area contributed by atoms with Gasteiger partial charge < -0.3 is 20.2 Å². The van der Waals surface area contributed by atoms with Crippen molar-refractivity contribution in [3.05, 3.63) is 52.6 Å². The largest absolute Gasteiger partial charge is 0.490 e. The molecule has 13 heteroatoms. The van der Waals surface area contributed by atoms with E-state index in [4.69, 9.17) is 9.90 Å². The van der Waals surface area contributed by atoms with Gasteiger partial charge in [-0.1, -0.05) is 31.0 Å². The summed E-state index contributed by atoms with van der Waals surface area (Å²) in [7, 11) is -3.81. The van der Waals surface area contributed by atoms with Gasteiger partial charge in [-0.05, 0) is 63.4 Å². The molecule has 0 atom stereocenters. The van der Waals surface area contributed by atoms with Crippen LogP contribution < -0.4 is 14.9 Å². The molecule has 2 aromatic rings. The van der Waals surface area contributed by atoms with E-state index in [0.717, 1.165) is 50.3 Å². The molecule has 0 saturated carbocycles. The fourth-order valence-electron chi connectivity index (χ4n) is 4.67. The number of sulfonamides is 1. The monoisotopic (exact) mass is 600 g/mol. The van der Waals surface area contributed by atoms with Crippen molar-refractivity contribution in [2.75, 3.05) is 48.9 Å². The number of alkyl halides is 3. The maximum Gasteiger partial charge on any atom is 0.490 e. The van der Waals surface area contributed by atoms with Gasteiger partial charge in [-0.25, -0.2) is 13.2 Å². The number of nitrogens with zero attached hydrogens (tertiary/aromatic N) is 2. The van der Waals surface area contributed by atoms with E-state index < -0.39 is 22.2 Å². The van der Waals surface area contributed by atoms with E-state index in [1.807, 2.05) is 50.8 Å². The van der Waals surface area contributed by atoms with Gasteiger partial charge in [0.25, 0.3) is 15.9 Å². The lowest BCUT2D eigenvalue weighted by atomic mass is 10.1. The molecule has 0 aromatic heterocycles. The highest BCUT2D eigenvalue weighted by Crippen LogP contribution is 2.29. The van der Waals surface area contributed by atoms with Crippen LogP contribution in [0.1, 0.15) is 53.7 Å². The fourth-order valence-corrected chi connectivity index (χ4v) is 6.18. The third-order valence-corrected chi connectivity index (χ3v) is 8.19.